The third-order valence-electron chi connectivity index (χ3n) is 5.13. The number of aromatic nitrogens is 1. The van der Waals surface area contributed by atoms with Gasteiger partial charge >= 0.3 is 12.0 Å². The number of urea groups is 1. The molecule has 140 valence electrons. The summed E-state index contributed by atoms with van der Waals surface area (Å²) in [6, 6.07) is 5.69. The molecule has 0 bridgehead atoms. The average molecular weight is 378 g/mol. The van der Waals surface area contributed by atoms with Crippen LogP contribution in [0.25, 0.3) is 10.9 Å². The fourth-order valence-corrected chi connectivity index (χ4v) is 3.84. The van der Waals surface area contributed by atoms with Gasteiger partial charge in [-0.1, -0.05) is 17.7 Å². The number of benzene rings is 1. The van der Waals surface area contributed by atoms with E-state index in [1.807, 2.05) is 29.8 Å². The molecule has 1 aromatic heterocycles. The van der Waals surface area contributed by atoms with E-state index in [0.29, 0.717) is 37.3 Å². The van der Waals surface area contributed by atoms with Crippen molar-refractivity contribution in [1.29, 1.82) is 0 Å². The van der Waals surface area contributed by atoms with Crippen molar-refractivity contribution in [2.45, 2.75) is 38.1 Å². The van der Waals surface area contributed by atoms with Crippen LogP contribution in [0.4, 0.5) is 4.79 Å². The van der Waals surface area contributed by atoms with Gasteiger partial charge in [0.15, 0.2) is 0 Å². The Morgan fingerprint density at radius 1 is 1.27 bits per heavy atom. The first-order valence-electron chi connectivity index (χ1n) is 8.94. The second-order valence-electron chi connectivity index (χ2n) is 6.96. The van der Waals surface area contributed by atoms with E-state index in [1.165, 1.54) is 5.56 Å². The third kappa shape index (κ3) is 4.30. The molecule has 0 spiro atoms. The summed E-state index contributed by atoms with van der Waals surface area (Å²) in [7, 11) is 1.98. The Morgan fingerprint density at radius 2 is 2.00 bits per heavy atom. The van der Waals surface area contributed by atoms with Crippen LogP contribution in [0.15, 0.2) is 24.4 Å². The number of rotatable bonds is 5. The predicted octanol–water partition coefficient (Wildman–Crippen LogP) is 3.32. The highest BCUT2D eigenvalue weighted by atomic mass is 35.5. The molecule has 3 N–H and O–H groups in total. The van der Waals surface area contributed by atoms with Crippen LogP contribution >= 0.6 is 11.6 Å². The zero-order valence-corrected chi connectivity index (χ0v) is 15.6. The molecule has 0 saturated heterocycles. The molecule has 0 aliphatic heterocycles. The molecule has 2 aromatic rings. The predicted molar refractivity (Wildman–Crippen MR) is 102 cm³/mol. The maximum Gasteiger partial charge on any atom is 0.315 e. The van der Waals surface area contributed by atoms with E-state index in [2.05, 4.69) is 16.8 Å². The monoisotopic (exact) mass is 377 g/mol. The van der Waals surface area contributed by atoms with Crippen LogP contribution in [0.5, 0.6) is 0 Å². The molecule has 0 atom stereocenters. The topological polar surface area (TPSA) is 83.4 Å². The van der Waals surface area contributed by atoms with E-state index in [-0.39, 0.29) is 18.0 Å². The zero-order valence-electron chi connectivity index (χ0n) is 14.8. The number of hydrogen-bond acceptors (Lipinski definition) is 2. The molecule has 2 amide bonds. The Bertz CT molecular complexity index is 810. The van der Waals surface area contributed by atoms with E-state index in [1.54, 1.807) is 0 Å². The Morgan fingerprint density at radius 3 is 2.69 bits per heavy atom. The fourth-order valence-electron chi connectivity index (χ4n) is 3.67. The summed E-state index contributed by atoms with van der Waals surface area (Å²) in [4.78, 5) is 23.0. The Labute approximate surface area is 157 Å². The van der Waals surface area contributed by atoms with Crippen LogP contribution in [-0.4, -0.2) is 34.3 Å². The number of aliphatic carboxylic acids is 1. The van der Waals surface area contributed by atoms with Crippen LogP contribution in [-0.2, 0) is 18.3 Å². The Hall–Kier alpha value is -2.21. The van der Waals surface area contributed by atoms with Crippen molar-refractivity contribution in [3.63, 3.8) is 0 Å². The summed E-state index contributed by atoms with van der Waals surface area (Å²) < 4.78 is 2.04. The lowest BCUT2D eigenvalue weighted by molar-refractivity contribution is -0.142. The van der Waals surface area contributed by atoms with Gasteiger partial charge in [0.05, 0.1) is 5.92 Å². The van der Waals surface area contributed by atoms with Crippen molar-refractivity contribution in [3.8, 4) is 0 Å². The van der Waals surface area contributed by atoms with Crippen LogP contribution in [0.1, 0.15) is 31.2 Å². The van der Waals surface area contributed by atoms with Crippen molar-refractivity contribution in [3.05, 3.63) is 35.0 Å². The molecule has 1 fully saturated rings. The second kappa shape index (κ2) is 7.99. The van der Waals surface area contributed by atoms with Gasteiger partial charge in [-0.15, -0.1) is 0 Å². The van der Waals surface area contributed by atoms with Crippen LogP contribution in [0, 0.1) is 5.92 Å². The van der Waals surface area contributed by atoms with Crippen LogP contribution in [0.3, 0.4) is 0 Å². The van der Waals surface area contributed by atoms with Gasteiger partial charge in [0, 0.05) is 41.8 Å². The van der Waals surface area contributed by atoms with Gasteiger partial charge in [-0.05, 0) is 49.8 Å². The second-order valence-corrected chi connectivity index (χ2v) is 7.40. The highest BCUT2D eigenvalue weighted by Gasteiger charge is 2.26. The molecule has 7 heteroatoms. The number of carbonyl (C=O) groups excluding carboxylic acids is 1. The number of hydrogen-bond donors (Lipinski definition) is 3. The minimum atomic E-state index is -0.732. The van der Waals surface area contributed by atoms with Crippen molar-refractivity contribution in [1.82, 2.24) is 15.2 Å². The number of nitrogens with zero attached hydrogens (tertiary/aromatic N) is 1. The summed E-state index contributed by atoms with van der Waals surface area (Å²) in [5.74, 6) is -1.000. The number of amides is 2. The number of carboxylic acid groups (broad SMARTS) is 1. The van der Waals surface area contributed by atoms with Gasteiger partial charge in [-0.3, -0.25) is 4.79 Å². The summed E-state index contributed by atoms with van der Waals surface area (Å²) in [6.45, 7) is 0.540. The van der Waals surface area contributed by atoms with Gasteiger partial charge in [-0.25, -0.2) is 4.79 Å². The van der Waals surface area contributed by atoms with Crippen molar-refractivity contribution in [2.24, 2.45) is 13.0 Å². The molecule has 26 heavy (non-hydrogen) atoms. The number of fused-ring (bicyclic) bond motifs is 1. The third-order valence-corrected chi connectivity index (χ3v) is 5.36. The van der Waals surface area contributed by atoms with Gasteiger partial charge in [0.25, 0.3) is 0 Å². The molecule has 1 aromatic carbocycles. The molecule has 1 heterocycles. The number of halogens is 1. The number of aryl methyl sites for hydroxylation is 1. The van der Waals surface area contributed by atoms with Gasteiger partial charge in [0.2, 0.25) is 0 Å². The average Bonchev–Trinajstić information content (AvgIpc) is 2.91. The maximum absolute atomic E-state index is 12.1. The summed E-state index contributed by atoms with van der Waals surface area (Å²) in [6.07, 6.45) is 5.48. The Balaban J connectivity index is 1.47. The van der Waals surface area contributed by atoms with Gasteiger partial charge in [0.1, 0.15) is 0 Å². The lowest BCUT2D eigenvalue weighted by Crippen LogP contribution is -2.44. The molecule has 1 aliphatic rings. The van der Waals surface area contributed by atoms with E-state index in [9.17, 15) is 9.59 Å². The number of carbonyl (C=O) groups is 2. The molecule has 1 saturated carbocycles. The largest absolute Gasteiger partial charge is 0.481 e. The molecule has 0 unspecified atom stereocenters. The minimum Gasteiger partial charge on any atom is -0.481 e. The van der Waals surface area contributed by atoms with Crippen LogP contribution in [0.2, 0.25) is 5.02 Å². The van der Waals surface area contributed by atoms with E-state index in [4.69, 9.17) is 16.7 Å². The zero-order chi connectivity index (χ0) is 18.7. The van der Waals surface area contributed by atoms with Crippen molar-refractivity contribution < 1.29 is 14.7 Å². The van der Waals surface area contributed by atoms with E-state index >= 15 is 0 Å². The molecule has 1 aliphatic carbocycles. The molecular formula is C19H24ClN3O3. The summed E-state index contributed by atoms with van der Waals surface area (Å²) in [5, 5.41) is 16.7. The number of carboxylic acids is 1. The Kier molecular flexibility index (Phi) is 5.71. The van der Waals surface area contributed by atoms with E-state index < -0.39 is 5.97 Å². The summed E-state index contributed by atoms with van der Waals surface area (Å²) >= 11 is 6.05. The first-order chi connectivity index (χ1) is 12.4. The standard InChI is InChI=1S/C19H24ClN3O3/c1-23-11-13(16-7-4-14(20)10-17(16)23)8-9-21-19(26)22-15-5-2-12(3-6-15)18(24)25/h4,7,10-12,15H,2-3,5-6,8-9H2,1H3,(H,24,25)(H2,21,22,26). The molecule has 3 rings (SSSR count). The first-order valence-corrected chi connectivity index (χ1v) is 9.32. The number of nitrogens with one attached hydrogen (secondary N) is 2. The minimum absolute atomic E-state index is 0.0605. The van der Waals surface area contributed by atoms with Crippen LogP contribution < -0.4 is 10.6 Å². The smallest absolute Gasteiger partial charge is 0.315 e. The van der Waals surface area contributed by atoms with Crippen molar-refractivity contribution >= 4 is 34.5 Å². The summed E-state index contributed by atoms with van der Waals surface area (Å²) in [5.41, 5.74) is 2.24. The van der Waals surface area contributed by atoms with E-state index in [0.717, 1.165) is 17.3 Å². The lowest BCUT2D eigenvalue weighted by Gasteiger charge is -2.26. The van der Waals surface area contributed by atoms with Crippen molar-refractivity contribution in [2.75, 3.05) is 6.54 Å². The SMILES string of the molecule is Cn1cc(CCNC(=O)NC2CCC(C(=O)O)CC2)c2ccc(Cl)cc21. The molecule has 6 nitrogen and oxygen atoms in total. The first kappa shape index (κ1) is 18.6. The van der Waals surface area contributed by atoms with Gasteiger partial charge < -0.3 is 20.3 Å². The normalized spacial score (nSPS) is 20.1. The van der Waals surface area contributed by atoms with Gasteiger partial charge in [-0.2, -0.15) is 0 Å². The highest BCUT2D eigenvalue weighted by molar-refractivity contribution is 6.31. The quantitative estimate of drug-likeness (QED) is 0.747. The lowest BCUT2D eigenvalue weighted by atomic mass is 9.86. The maximum atomic E-state index is 12.1. The molecule has 0 radical (unpaired) electrons. The highest BCUT2D eigenvalue weighted by Crippen LogP contribution is 2.25. The fraction of sp³-hybridized carbons (Fsp3) is 0.474. The molecular weight excluding hydrogens is 354 g/mol.